The highest BCUT2D eigenvalue weighted by atomic mass is 31.2. The van der Waals surface area contributed by atoms with Crippen molar-refractivity contribution in [3.05, 3.63) is 0 Å². The Bertz CT molecular complexity index is 1810. The summed E-state index contributed by atoms with van der Waals surface area (Å²) in [5.74, 6) is -0.557. The van der Waals surface area contributed by atoms with Gasteiger partial charge in [0.05, 0.1) is 26.4 Å². The zero-order chi connectivity index (χ0) is 68.6. The number of ether oxygens (including phenoxy) is 4. The van der Waals surface area contributed by atoms with Gasteiger partial charge in [0, 0.05) is 25.7 Å². The van der Waals surface area contributed by atoms with Crippen molar-refractivity contribution in [1.82, 2.24) is 0 Å². The van der Waals surface area contributed by atoms with Crippen LogP contribution in [0.5, 0.6) is 0 Å². The lowest BCUT2D eigenvalue weighted by atomic mass is 9.99. The molecule has 6 atom stereocenters. The second-order valence-electron chi connectivity index (χ2n) is 27.4. The molecule has 0 aliphatic heterocycles. The minimum absolute atomic E-state index is 0.106. The number of hydrogen-bond donors (Lipinski definition) is 3. The number of carbonyl (C=O) groups excluding carboxylic acids is 4. The van der Waals surface area contributed by atoms with Crippen LogP contribution in [0.15, 0.2) is 0 Å². The van der Waals surface area contributed by atoms with Crippen LogP contribution >= 0.6 is 15.6 Å². The van der Waals surface area contributed by atoms with Crippen molar-refractivity contribution in [3.8, 4) is 0 Å². The van der Waals surface area contributed by atoms with Crippen LogP contribution in [0.2, 0.25) is 0 Å². The lowest BCUT2D eigenvalue weighted by Crippen LogP contribution is -2.30. The third-order valence-electron chi connectivity index (χ3n) is 17.6. The smallest absolute Gasteiger partial charge is 0.462 e. The van der Waals surface area contributed by atoms with Crippen LogP contribution in [-0.4, -0.2) is 96.7 Å². The fraction of sp³-hybridized carbons (Fsp3) is 0.946. The van der Waals surface area contributed by atoms with Gasteiger partial charge in [-0.1, -0.05) is 330 Å². The summed E-state index contributed by atoms with van der Waals surface area (Å²) in [5, 5.41) is 10.6. The number of aliphatic hydroxyl groups excluding tert-OH is 1. The molecular weight excluding hydrogens is 1220 g/mol. The van der Waals surface area contributed by atoms with Crippen molar-refractivity contribution in [2.24, 2.45) is 11.8 Å². The highest BCUT2D eigenvalue weighted by Crippen LogP contribution is 2.45. The van der Waals surface area contributed by atoms with Gasteiger partial charge in [0.15, 0.2) is 12.2 Å². The van der Waals surface area contributed by atoms with Gasteiger partial charge in [0.2, 0.25) is 0 Å². The van der Waals surface area contributed by atoms with Crippen molar-refractivity contribution >= 4 is 39.5 Å². The molecule has 0 fully saturated rings. The van der Waals surface area contributed by atoms with Gasteiger partial charge in [-0.2, -0.15) is 0 Å². The number of hydrogen-bond acceptors (Lipinski definition) is 15. The average Bonchev–Trinajstić information content (AvgIpc) is 1.88. The maximum absolute atomic E-state index is 13.1. The molecule has 0 aliphatic carbocycles. The molecule has 0 spiro atoms. The third kappa shape index (κ3) is 67.0. The molecule has 3 unspecified atom stereocenters. The van der Waals surface area contributed by atoms with Gasteiger partial charge in [-0.25, -0.2) is 9.13 Å². The Morgan fingerprint density at radius 1 is 0.312 bits per heavy atom. The number of rotatable bonds is 73. The maximum Gasteiger partial charge on any atom is 0.472 e. The highest BCUT2D eigenvalue weighted by molar-refractivity contribution is 7.47. The van der Waals surface area contributed by atoms with Crippen LogP contribution in [0.3, 0.4) is 0 Å². The Kier molecular flexibility index (Phi) is 64.6. The van der Waals surface area contributed by atoms with Crippen molar-refractivity contribution in [2.75, 3.05) is 39.6 Å². The first-order valence-electron chi connectivity index (χ1n) is 38.5. The second kappa shape index (κ2) is 66.0. The molecule has 0 heterocycles. The number of unbranched alkanes of at least 4 members (excludes halogenated alkanes) is 42. The van der Waals surface area contributed by atoms with E-state index in [9.17, 15) is 43.2 Å². The number of carbonyl (C=O) groups is 4. The summed E-state index contributed by atoms with van der Waals surface area (Å²) in [7, 11) is -9.91. The molecule has 0 amide bonds. The van der Waals surface area contributed by atoms with E-state index in [0.29, 0.717) is 25.7 Å². The quantitative estimate of drug-likeness (QED) is 0.0222. The molecule has 17 nitrogen and oxygen atoms in total. The number of phosphoric ester groups is 2. The van der Waals surface area contributed by atoms with Gasteiger partial charge in [-0.15, -0.1) is 0 Å². The van der Waals surface area contributed by atoms with E-state index in [0.717, 1.165) is 102 Å². The van der Waals surface area contributed by atoms with Gasteiger partial charge in [-0.3, -0.25) is 37.3 Å². The Labute approximate surface area is 568 Å². The Hall–Kier alpha value is -1.94. The summed E-state index contributed by atoms with van der Waals surface area (Å²) >= 11 is 0. The van der Waals surface area contributed by atoms with E-state index in [1.807, 2.05) is 0 Å². The van der Waals surface area contributed by atoms with Crippen LogP contribution in [0.25, 0.3) is 0 Å². The van der Waals surface area contributed by atoms with Crippen LogP contribution in [0.4, 0.5) is 0 Å². The molecule has 0 rings (SSSR count). The third-order valence-corrected chi connectivity index (χ3v) is 19.5. The van der Waals surface area contributed by atoms with Crippen molar-refractivity contribution in [3.63, 3.8) is 0 Å². The van der Waals surface area contributed by atoms with E-state index in [2.05, 4.69) is 41.5 Å². The van der Waals surface area contributed by atoms with Crippen molar-refractivity contribution in [2.45, 2.75) is 400 Å². The molecule has 3 N–H and O–H groups in total. The maximum atomic E-state index is 13.1. The van der Waals surface area contributed by atoms with Crippen LogP contribution < -0.4 is 0 Å². The standard InChI is InChI=1S/C74H144O17P2/c1-7-10-12-14-16-18-19-20-21-22-23-24-25-34-40-46-52-58-73(78)90-70(63-85-72(77)57-51-45-39-33-29-27-32-37-43-49-55-67(6)9-3)65-89-93(82,83)87-61-68(75)60-86-92(80,81)88-64-69(62-84-71(76)56-50-44-38-30-17-15-13-11-8-2)91-74(79)59-53-47-41-35-28-26-31-36-42-48-54-66(4)5/h66-70,75H,7-65H2,1-6H3,(H,80,81)(H,82,83)/t67?,68-,69+,70+/m0/s1. The van der Waals surface area contributed by atoms with E-state index in [-0.39, 0.29) is 25.7 Å². The predicted octanol–water partition coefficient (Wildman–Crippen LogP) is 21.6. The van der Waals surface area contributed by atoms with Gasteiger partial charge in [0.25, 0.3) is 0 Å². The fourth-order valence-corrected chi connectivity index (χ4v) is 12.8. The molecule has 0 saturated carbocycles. The molecule has 93 heavy (non-hydrogen) atoms. The Morgan fingerprint density at radius 3 is 0.817 bits per heavy atom. The summed E-state index contributed by atoms with van der Waals surface area (Å²) in [6, 6.07) is 0. The van der Waals surface area contributed by atoms with Gasteiger partial charge in [-0.05, 0) is 37.5 Å². The van der Waals surface area contributed by atoms with Gasteiger partial charge < -0.3 is 33.8 Å². The van der Waals surface area contributed by atoms with Crippen LogP contribution in [-0.2, 0) is 65.4 Å². The normalized spacial score (nSPS) is 14.3. The molecule has 0 aromatic carbocycles. The van der Waals surface area contributed by atoms with Crippen LogP contribution in [0, 0.1) is 11.8 Å². The van der Waals surface area contributed by atoms with E-state index in [1.165, 1.54) is 199 Å². The SMILES string of the molecule is CCCCCCCCCCCCCCCCCCCC(=O)O[C@H](COC(=O)CCCCCCCCCCCCC(C)CC)COP(=O)(O)OC[C@@H](O)COP(=O)(O)OC[C@@H](COC(=O)CCCCCCCCCCC)OC(=O)CCCCCCCCCCCCC(C)C. The van der Waals surface area contributed by atoms with Crippen LogP contribution in [0.1, 0.15) is 382 Å². The summed E-state index contributed by atoms with van der Waals surface area (Å²) < 4.78 is 68.4. The first kappa shape index (κ1) is 91.1. The first-order chi connectivity index (χ1) is 44.9. The molecule has 0 saturated heterocycles. The van der Waals surface area contributed by atoms with E-state index < -0.39 is 97.5 Å². The second-order valence-corrected chi connectivity index (χ2v) is 30.3. The molecule has 0 aliphatic rings. The lowest BCUT2D eigenvalue weighted by Gasteiger charge is -2.21. The molecule has 0 aromatic heterocycles. The van der Waals surface area contributed by atoms with Gasteiger partial charge in [0.1, 0.15) is 19.3 Å². The predicted molar refractivity (Wildman–Crippen MR) is 377 cm³/mol. The van der Waals surface area contributed by atoms with Gasteiger partial charge >= 0.3 is 39.5 Å². The summed E-state index contributed by atoms with van der Waals surface area (Å²) in [4.78, 5) is 72.7. The molecule has 0 aromatic rings. The number of phosphoric acid groups is 2. The Morgan fingerprint density at radius 2 is 0.548 bits per heavy atom. The van der Waals surface area contributed by atoms with Crippen molar-refractivity contribution in [1.29, 1.82) is 0 Å². The monoisotopic (exact) mass is 1370 g/mol. The van der Waals surface area contributed by atoms with E-state index in [4.69, 9.17) is 37.0 Å². The number of esters is 4. The largest absolute Gasteiger partial charge is 0.472 e. The Balaban J connectivity index is 5.24. The highest BCUT2D eigenvalue weighted by Gasteiger charge is 2.30. The molecule has 0 radical (unpaired) electrons. The first-order valence-corrected chi connectivity index (χ1v) is 41.5. The minimum atomic E-state index is -4.96. The fourth-order valence-electron chi connectivity index (χ4n) is 11.3. The topological polar surface area (TPSA) is 237 Å². The molecular formula is C74H144O17P2. The molecule has 19 heteroatoms. The lowest BCUT2D eigenvalue weighted by molar-refractivity contribution is -0.161. The summed E-state index contributed by atoms with van der Waals surface area (Å²) in [5.41, 5.74) is 0. The number of aliphatic hydroxyl groups is 1. The molecule has 0 bridgehead atoms. The molecule has 552 valence electrons. The average molecular weight is 1370 g/mol. The van der Waals surface area contributed by atoms with E-state index >= 15 is 0 Å². The summed E-state index contributed by atoms with van der Waals surface area (Å²) in [6.45, 7) is 9.59. The zero-order valence-corrected chi connectivity index (χ0v) is 62.3. The minimum Gasteiger partial charge on any atom is -0.462 e. The van der Waals surface area contributed by atoms with Crippen molar-refractivity contribution < 1.29 is 80.2 Å². The summed E-state index contributed by atoms with van der Waals surface area (Å²) in [6.07, 6.45) is 52.6. The van der Waals surface area contributed by atoms with E-state index in [1.54, 1.807) is 0 Å². The zero-order valence-electron chi connectivity index (χ0n) is 60.6.